The van der Waals surface area contributed by atoms with E-state index < -0.39 is 0 Å². The molecule has 2 atom stereocenters. The maximum absolute atomic E-state index is 9.61. The van der Waals surface area contributed by atoms with E-state index in [9.17, 15) is 5.11 Å². The third-order valence-electron chi connectivity index (χ3n) is 6.60. The Morgan fingerprint density at radius 2 is 1.81 bits per heavy atom. The Kier molecular flexibility index (Phi) is 7.20. The van der Waals surface area contributed by atoms with Crippen LogP contribution in [0, 0.1) is 12.8 Å². The van der Waals surface area contributed by atoms with E-state index in [1.54, 1.807) is 25.6 Å². The van der Waals surface area contributed by atoms with Crippen molar-refractivity contribution >= 4 is 33.3 Å². The van der Waals surface area contributed by atoms with Crippen LogP contribution in [-0.4, -0.2) is 46.9 Å². The van der Waals surface area contributed by atoms with Crippen molar-refractivity contribution in [1.82, 2.24) is 15.0 Å². The number of fused-ring (bicyclic) bond motifs is 1. The maximum Gasteiger partial charge on any atom is 0.225 e. The molecular formula is C27H31N5O3S. The summed E-state index contributed by atoms with van der Waals surface area (Å²) in [7, 11) is 3.28. The predicted octanol–water partition coefficient (Wildman–Crippen LogP) is 5.26. The molecule has 8 nitrogen and oxygen atoms in total. The van der Waals surface area contributed by atoms with Gasteiger partial charge in [-0.2, -0.15) is 4.98 Å². The molecule has 0 bridgehead atoms. The number of anilines is 2. The smallest absolute Gasteiger partial charge is 0.225 e. The zero-order valence-corrected chi connectivity index (χ0v) is 21.6. The van der Waals surface area contributed by atoms with Crippen molar-refractivity contribution < 1.29 is 14.6 Å². The number of para-hydroxylation sites is 1. The second-order valence-corrected chi connectivity index (χ2v) is 10.2. The van der Waals surface area contributed by atoms with Crippen LogP contribution >= 0.6 is 11.3 Å². The number of aromatic nitrogens is 3. The fourth-order valence-electron chi connectivity index (χ4n) is 4.71. The van der Waals surface area contributed by atoms with E-state index in [1.165, 1.54) is 0 Å². The van der Waals surface area contributed by atoms with Crippen LogP contribution in [-0.2, 0) is 6.54 Å². The Bertz CT molecular complexity index is 1300. The van der Waals surface area contributed by atoms with Gasteiger partial charge < -0.3 is 25.2 Å². The Labute approximate surface area is 214 Å². The van der Waals surface area contributed by atoms with Crippen molar-refractivity contribution in [3.05, 3.63) is 53.7 Å². The highest BCUT2D eigenvalue weighted by molar-refractivity contribution is 7.21. The van der Waals surface area contributed by atoms with Gasteiger partial charge in [-0.05, 0) is 61.9 Å². The average molecular weight is 506 g/mol. The molecule has 1 fully saturated rings. The largest absolute Gasteiger partial charge is 0.497 e. The quantitative estimate of drug-likeness (QED) is 0.283. The van der Waals surface area contributed by atoms with E-state index in [0.29, 0.717) is 18.4 Å². The monoisotopic (exact) mass is 505 g/mol. The van der Waals surface area contributed by atoms with E-state index in [4.69, 9.17) is 24.4 Å². The van der Waals surface area contributed by atoms with Crippen molar-refractivity contribution in [2.75, 3.05) is 31.5 Å². The van der Waals surface area contributed by atoms with Gasteiger partial charge in [0, 0.05) is 25.3 Å². The minimum absolute atomic E-state index is 0.225. The van der Waals surface area contributed by atoms with Crippen molar-refractivity contribution in [2.45, 2.75) is 38.8 Å². The van der Waals surface area contributed by atoms with Crippen LogP contribution in [0.2, 0.25) is 0 Å². The molecule has 0 amide bonds. The summed E-state index contributed by atoms with van der Waals surface area (Å²) >= 11 is 1.65. The molecule has 36 heavy (non-hydrogen) atoms. The van der Waals surface area contributed by atoms with E-state index in [1.807, 2.05) is 43.3 Å². The van der Waals surface area contributed by atoms with Gasteiger partial charge in [-0.3, -0.25) is 0 Å². The molecule has 4 aromatic rings. The molecule has 2 heterocycles. The lowest BCUT2D eigenvalue weighted by molar-refractivity contribution is 0.229. The molecule has 2 aromatic heterocycles. The molecule has 188 valence electrons. The zero-order valence-electron chi connectivity index (χ0n) is 20.7. The summed E-state index contributed by atoms with van der Waals surface area (Å²) in [4.78, 5) is 14.6. The summed E-state index contributed by atoms with van der Waals surface area (Å²) in [6.07, 6.45) is 2.93. The first-order valence-electron chi connectivity index (χ1n) is 12.1. The summed E-state index contributed by atoms with van der Waals surface area (Å²) < 4.78 is 11.9. The number of thiazole rings is 1. The molecule has 1 aliphatic carbocycles. The number of methoxy groups -OCH3 is 2. The molecule has 9 heteroatoms. The van der Waals surface area contributed by atoms with Gasteiger partial charge in [0.2, 0.25) is 5.95 Å². The number of rotatable bonds is 9. The number of aliphatic hydroxyl groups excluding tert-OH is 1. The minimum Gasteiger partial charge on any atom is -0.497 e. The molecule has 1 aliphatic rings. The van der Waals surface area contributed by atoms with Gasteiger partial charge >= 0.3 is 0 Å². The standard InChI is InChI=1S/C27H31N5O3S/c1-16-24(26-31-22-6-4-5-7-23(22)36-26)25(30-19-9-8-17(10-19)15-33)32-27(29-16)28-14-18-11-20(34-2)13-21(12-18)35-3/h4-7,11-13,17,19,33H,8-10,14-15H2,1-3H3,(H2,28,29,30,32)/t17-,19+/m1/s1. The summed E-state index contributed by atoms with van der Waals surface area (Å²) in [6.45, 7) is 2.74. The van der Waals surface area contributed by atoms with Gasteiger partial charge in [-0.1, -0.05) is 12.1 Å². The molecule has 0 radical (unpaired) electrons. The van der Waals surface area contributed by atoms with Gasteiger partial charge in [0.05, 0.1) is 35.7 Å². The molecule has 0 unspecified atom stereocenters. The molecule has 1 saturated carbocycles. The first kappa shape index (κ1) is 24.3. The van der Waals surface area contributed by atoms with Crippen molar-refractivity contribution in [2.24, 2.45) is 5.92 Å². The normalized spacial score (nSPS) is 17.3. The number of hydrogen-bond acceptors (Lipinski definition) is 9. The van der Waals surface area contributed by atoms with Crippen molar-refractivity contribution in [3.8, 4) is 22.1 Å². The van der Waals surface area contributed by atoms with Gasteiger partial charge in [0.25, 0.3) is 0 Å². The fourth-order valence-corrected chi connectivity index (χ4v) is 5.77. The van der Waals surface area contributed by atoms with Gasteiger partial charge in [0.15, 0.2) is 0 Å². The van der Waals surface area contributed by atoms with E-state index in [0.717, 1.165) is 68.6 Å². The highest BCUT2D eigenvalue weighted by Gasteiger charge is 2.26. The summed E-state index contributed by atoms with van der Waals surface area (Å²) in [5.41, 5.74) is 3.75. The van der Waals surface area contributed by atoms with Crippen LogP contribution in [0.5, 0.6) is 11.5 Å². The molecular weight excluding hydrogens is 474 g/mol. The van der Waals surface area contributed by atoms with Crippen LogP contribution in [0.3, 0.4) is 0 Å². The lowest BCUT2D eigenvalue weighted by atomic mass is 10.1. The summed E-state index contributed by atoms with van der Waals surface area (Å²) in [6, 6.07) is 14.2. The molecule has 2 aromatic carbocycles. The van der Waals surface area contributed by atoms with E-state index >= 15 is 0 Å². The Morgan fingerprint density at radius 1 is 1.03 bits per heavy atom. The number of hydrogen-bond donors (Lipinski definition) is 3. The topological polar surface area (TPSA) is 101 Å². The highest BCUT2D eigenvalue weighted by Crippen LogP contribution is 2.38. The average Bonchev–Trinajstić information content (AvgIpc) is 3.53. The van der Waals surface area contributed by atoms with Gasteiger partial charge in [-0.25, -0.2) is 9.97 Å². The van der Waals surface area contributed by atoms with Crippen LogP contribution in [0.4, 0.5) is 11.8 Å². The zero-order chi connectivity index (χ0) is 25.1. The van der Waals surface area contributed by atoms with Crippen LogP contribution < -0.4 is 20.1 Å². The van der Waals surface area contributed by atoms with Gasteiger partial charge in [0.1, 0.15) is 22.3 Å². The minimum atomic E-state index is 0.225. The van der Waals surface area contributed by atoms with Crippen LogP contribution in [0.1, 0.15) is 30.5 Å². The highest BCUT2D eigenvalue weighted by atomic mass is 32.1. The second-order valence-electron chi connectivity index (χ2n) is 9.12. The molecule has 5 rings (SSSR count). The molecule has 0 spiro atoms. The number of benzene rings is 2. The summed E-state index contributed by atoms with van der Waals surface area (Å²) in [5, 5.41) is 17.5. The van der Waals surface area contributed by atoms with E-state index in [-0.39, 0.29) is 12.6 Å². The maximum atomic E-state index is 9.61. The number of nitrogens with one attached hydrogen (secondary N) is 2. The summed E-state index contributed by atoms with van der Waals surface area (Å²) in [5.74, 6) is 3.11. The van der Waals surface area contributed by atoms with Gasteiger partial charge in [-0.15, -0.1) is 11.3 Å². The number of aliphatic hydroxyl groups is 1. The fraction of sp³-hybridized carbons (Fsp3) is 0.370. The number of ether oxygens (including phenoxy) is 2. The van der Waals surface area contributed by atoms with Crippen LogP contribution in [0.15, 0.2) is 42.5 Å². The number of nitrogens with zero attached hydrogens (tertiary/aromatic N) is 3. The lowest BCUT2D eigenvalue weighted by Gasteiger charge is -2.18. The SMILES string of the molecule is COc1cc(CNc2nc(C)c(-c3nc4ccccc4s3)c(N[C@H]3CC[C@@H](CO)C3)n2)cc(OC)c1. The Hall–Kier alpha value is -3.43. The predicted molar refractivity (Wildman–Crippen MR) is 144 cm³/mol. The van der Waals surface area contributed by atoms with E-state index in [2.05, 4.69) is 16.7 Å². The molecule has 3 N–H and O–H groups in total. The van der Waals surface area contributed by atoms with Crippen molar-refractivity contribution in [1.29, 1.82) is 0 Å². The Balaban J connectivity index is 1.47. The first-order valence-corrected chi connectivity index (χ1v) is 13.0. The molecule has 0 saturated heterocycles. The van der Waals surface area contributed by atoms with Crippen LogP contribution in [0.25, 0.3) is 20.8 Å². The number of aryl methyl sites for hydroxylation is 1. The third-order valence-corrected chi connectivity index (χ3v) is 7.65. The Morgan fingerprint density at radius 3 is 2.50 bits per heavy atom. The second kappa shape index (κ2) is 10.7. The molecule has 0 aliphatic heterocycles. The lowest BCUT2D eigenvalue weighted by Crippen LogP contribution is -2.19. The third kappa shape index (κ3) is 5.22. The first-order chi connectivity index (χ1) is 17.6. The van der Waals surface area contributed by atoms with Crippen molar-refractivity contribution in [3.63, 3.8) is 0 Å².